The molecular formula is C9H14N2O4. The van der Waals surface area contributed by atoms with Gasteiger partial charge in [-0.05, 0) is 12.8 Å². The standard InChI is InChI=1S/C9H14N2O4/c12-8(13)7-2-1-6(15-7)5-11-4-3-10-9(11)14/h6-7H,1-5H2,(H,10,14)(H,12,13). The molecule has 2 heterocycles. The zero-order chi connectivity index (χ0) is 10.8. The number of carboxylic acid groups (broad SMARTS) is 1. The van der Waals surface area contributed by atoms with Gasteiger partial charge in [-0.3, -0.25) is 0 Å². The number of rotatable bonds is 3. The highest BCUT2D eigenvalue weighted by molar-refractivity contribution is 5.76. The van der Waals surface area contributed by atoms with E-state index < -0.39 is 12.1 Å². The maximum absolute atomic E-state index is 11.2. The van der Waals surface area contributed by atoms with E-state index in [1.54, 1.807) is 4.90 Å². The number of amides is 2. The topological polar surface area (TPSA) is 78.9 Å². The van der Waals surface area contributed by atoms with Crippen molar-refractivity contribution in [3.63, 3.8) is 0 Å². The molecule has 0 spiro atoms. The van der Waals surface area contributed by atoms with Gasteiger partial charge in [-0.1, -0.05) is 0 Å². The fourth-order valence-corrected chi connectivity index (χ4v) is 1.95. The molecule has 2 aliphatic heterocycles. The Morgan fingerprint density at radius 3 is 2.93 bits per heavy atom. The summed E-state index contributed by atoms with van der Waals surface area (Å²) in [4.78, 5) is 23.5. The number of carboxylic acids is 1. The SMILES string of the molecule is O=C(O)C1CCC(CN2CCNC2=O)O1. The lowest BCUT2D eigenvalue weighted by Crippen LogP contribution is -2.35. The van der Waals surface area contributed by atoms with Crippen molar-refractivity contribution in [2.75, 3.05) is 19.6 Å². The maximum atomic E-state index is 11.2. The molecular weight excluding hydrogens is 200 g/mol. The number of carbonyl (C=O) groups excluding carboxylic acids is 1. The van der Waals surface area contributed by atoms with Gasteiger partial charge >= 0.3 is 12.0 Å². The monoisotopic (exact) mass is 214 g/mol. The molecule has 2 aliphatic rings. The summed E-state index contributed by atoms with van der Waals surface area (Å²) >= 11 is 0. The molecule has 2 fully saturated rings. The molecule has 2 N–H and O–H groups in total. The van der Waals surface area contributed by atoms with Crippen LogP contribution in [0.1, 0.15) is 12.8 Å². The summed E-state index contributed by atoms with van der Waals surface area (Å²) in [5, 5.41) is 11.4. The highest BCUT2D eigenvalue weighted by Gasteiger charge is 2.33. The summed E-state index contributed by atoms with van der Waals surface area (Å²) in [5.41, 5.74) is 0. The minimum Gasteiger partial charge on any atom is -0.479 e. The maximum Gasteiger partial charge on any atom is 0.332 e. The average molecular weight is 214 g/mol. The van der Waals surface area contributed by atoms with Gasteiger partial charge in [0.25, 0.3) is 0 Å². The molecule has 84 valence electrons. The van der Waals surface area contributed by atoms with Gasteiger partial charge in [-0.2, -0.15) is 0 Å². The van der Waals surface area contributed by atoms with Crippen LogP contribution in [0.25, 0.3) is 0 Å². The Labute approximate surface area is 87.2 Å². The van der Waals surface area contributed by atoms with Crippen LogP contribution in [-0.4, -0.2) is 53.8 Å². The van der Waals surface area contributed by atoms with Gasteiger partial charge in [-0.25, -0.2) is 9.59 Å². The zero-order valence-corrected chi connectivity index (χ0v) is 8.31. The van der Waals surface area contributed by atoms with Crippen molar-refractivity contribution in [2.45, 2.75) is 25.0 Å². The molecule has 2 unspecified atom stereocenters. The van der Waals surface area contributed by atoms with E-state index in [2.05, 4.69) is 5.32 Å². The molecule has 15 heavy (non-hydrogen) atoms. The van der Waals surface area contributed by atoms with Crippen LogP contribution in [0.2, 0.25) is 0 Å². The second-order valence-corrected chi connectivity index (χ2v) is 3.84. The smallest absolute Gasteiger partial charge is 0.332 e. The lowest BCUT2D eigenvalue weighted by Gasteiger charge is -2.18. The normalized spacial score (nSPS) is 30.7. The van der Waals surface area contributed by atoms with E-state index >= 15 is 0 Å². The Morgan fingerprint density at radius 1 is 1.60 bits per heavy atom. The first-order valence-corrected chi connectivity index (χ1v) is 5.08. The molecule has 2 atom stereocenters. The Bertz CT molecular complexity index is 281. The Hall–Kier alpha value is -1.30. The molecule has 2 saturated heterocycles. The number of nitrogens with zero attached hydrogens (tertiary/aromatic N) is 1. The van der Waals surface area contributed by atoms with E-state index in [-0.39, 0.29) is 12.1 Å². The number of ether oxygens (including phenoxy) is 1. The summed E-state index contributed by atoms with van der Waals surface area (Å²) in [7, 11) is 0. The minimum atomic E-state index is -0.914. The first-order valence-electron chi connectivity index (χ1n) is 5.08. The van der Waals surface area contributed by atoms with E-state index in [0.717, 1.165) is 0 Å². The minimum absolute atomic E-state index is 0.0858. The van der Waals surface area contributed by atoms with Gasteiger partial charge in [-0.15, -0.1) is 0 Å². The molecule has 0 aliphatic carbocycles. The molecule has 6 nitrogen and oxygen atoms in total. The summed E-state index contributed by atoms with van der Waals surface area (Å²) in [6, 6.07) is -0.0858. The van der Waals surface area contributed by atoms with Gasteiger partial charge in [0.1, 0.15) is 0 Å². The highest BCUT2D eigenvalue weighted by atomic mass is 16.5. The van der Waals surface area contributed by atoms with Gasteiger partial charge in [0.2, 0.25) is 0 Å². The van der Waals surface area contributed by atoms with Gasteiger partial charge < -0.3 is 20.1 Å². The van der Waals surface area contributed by atoms with E-state index in [9.17, 15) is 9.59 Å². The Kier molecular flexibility index (Phi) is 2.77. The average Bonchev–Trinajstić information content (AvgIpc) is 2.77. The van der Waals surface area contributed by atoms with Crippen molar-refractivity contribution in [2.24, 2.45) is 0 Å². The number of nitrogens with one attached hydrogen (secondary N) is 1. The third kappa shape index (κ3) is 2.20. The van der Waals surface area contributed by atoms with Crippen LogP contribution in [0.3, 0.4) is 0 Å². The zero-order valence-electron chi connectivity index (χ0n) is 8.31. The predicted molar refractivity (Wildman–Crippen MR) is 50.5 cm³/mol. The van der Waals surface area contributed by atoms with E-state index in [1.807, 2.05) is 0 Å². The molecule has 0 aromatic heterocycles. The lowest BCUT2D eigenvalue weighted by molar-refractivity contribution is -0.149. The van der Waals surface area contributed by atoms with Gasteiger partial charge in [0.15, 0.2) is 6.10 Å². The predicted octanol–water partition coefficient (Wildman–Crippen LogP) is -0.356. The van der Waals surface area contributed by atoms with Crippen LogP contribution in [0.5, 0.6) is 0 Å². The van der Waals surface area contributed by atoms with E-state index in [4.69, 9.17) is 9.84 Å². The number of carbonyl (C=O) groups is 2. The summed E-state index contributed by atoms with van der Waals surface area (Å²) in [6.45, 7) is 1.83. The second kappa shape index (κ2) is 4.06. The highest BCUT2D eigenvalue weighted by Crippen LogP contribution is 2.21. The lowest BCUT2D eigenvalue weighted by atomic mass is 10.2. The van der Waals surface area contributed by atoms with Crippen molar-refractivity contribution < 1.29 is 19.4 Å². The van der Waals surface area contributed by atoms with Gasteiger partial charge in [0, 0.05) is 19.6 Å². The molecule has 2 rings (SSSR count). The second-order valence-electron chi connectivity index (χ2n) is 3.84. The van der Waals surface area contributed by atoms with Crippen molar-refractivity contribution in [1.82, 2.24) is 10.2 Å². The molecule has 2 amide bonds. The van der Waals surface area contributed by atoms with Crippen LogP contribution in [0, 0.1) is 0 Å². The molecule has 0 saturated carbocycles. The first-order chi connectivity index (χ1) is 7.16. The largest absolute Gasteiger partial charge is 0.479 e. The molecule has 6 heteroatoms. The number of hydrogen-bond donors (Lipinski definition) is 2. The van der Waals surface area contributed by atoms with Crippen LogP contribution >= 0.6 is 0 Å². The van der Waals surface area contributed by atoms with Crippen LogP contribution < -0.4 is 5.32 Å². The number of aliphatic carboxylic acids is 1. The van der Waals surface area contributed by atoms with E-state index in [0.29, 0.717) is 32.5 Å². The summed E-state index contributed by atoms with van der Waals surface area (Å²) in [6.07, 6.45) is 0.423. The number of urea groups is 1. The quantitative estimate of drug-likeness (QED) is 0.672. The van der Waals surface area contributed by atoms with Crippen LogP contribution in [0.15, 0.2) is 0 Å². The molecule has 0 bridgehead atoms. The fraction of sp³-hybridized carbons (Fsp3) is 0.778. The van der Waals surface area contributed by atoms with Crippen molar-refractivity contribution in [1.29, 1.82) is 0 Å². The number of hydrogen-bond acceptors (Lipinski definition) is 3. The summed E-state index contributed by atoms with van der Waals surface area (Å²) in [5.74, 6) is -0.914. The molecule has 0 aromatic carbocycles. The first kappa shape index (κ1) is 10.2. The third-order valence-corrected chi connectivity index (χ3v) is 2.75. The van der Waals surface area contributed by atoms with Crippen molar-refractivity contribution >= 4 is 12.0 Å². The third-order valence-electron chi connectivity index (χ3n) is 2.75. The van der Waals surface area contributed by atoms with Crippen LogP contribution in [0.4, 0.5) is 4.79 Å². The van der Waals surface area contributed by atoms with Crippen LogP contribution in [-0.2, 0) is 9.53 Å². The van der Waals surface area contributed by atoms with E-state index in [1.165, 1.54) is 0 Å². The fourth-order valence-electron chi connectivity index (χ4n) is 1.95. The van der Waals surface area contributed by atoms with Crippen molar-refractivity contribution in [3.05, 3.63) is 0 Å². The van der Waals surface area contributed by atoms with Crippen molar-refractivity contribution in [3.8, 4) is 0 Å². The molecule has 0 radical (unpaired) electrons. The Balaban J connectivity index is 1.81. The Morgan fingerprint density at radius 2 is 2.40 bits per heavy atom. The van der Waals surface area contributed by atoms with Gasteiger partial charge in [0.05, 0.1) is 6.10 Å². The molecule has 0 aromatic rings. The summed E-state index contributed by atoms with van der Waals surface area (Å²) < 4.78 is 5.31.